The van der Waals surface area contributed by atoms with Crippen LogP contribution in [0.15, 0.2) is 16.4 Å². The third-order valence-electron chi connectivity index (χ3n) is 0.746. The summed E-state index contributed by atoms with van der Waals surface area (Å²) in [6.45, 7) is 0. The first-order chi connectivity index (χ1) is 4.34. The summed E-state index contributed by atoms with van der Waals surface area (Å²) in [5.74, 6) is -0.469. The summed E-state index contributed by atoms with van der Waals surface area (Å²) < 4.78 is 12.3. The smallest absolute Gasteiger partial charge is 0.211 e. The van der Waals surface area contributed by atoms with Crippen molar-refractivity contribution in [2.75, 3.05) is 0 Å². The van der Waals surface area contributed by atoms with Gasteiger partial charge in [-0.3, -0.25) is 0 Å². The second-order valence-corrected chi connectivity index (χ2v) is 2.17. The zero-order valence-electron chi connectivity index (χ0n) is 4.30. The van der Waals surface area contributed by atoms with Gasteiger partial charge in [0.15, 0.2) is 10.8 Å². The van der Waals surface area contributed by atoms with Gasteiger partial charge in [-0.1, -0.05) is 0 Å². The van der Waals surface area contributed by atoms with Crippen LogP contribution in [-0.4, -0.2) is 6.08 Å². The van der Waals surface area contributed by atoms with Gasteiger partial charge in [0.1, 0.15) is 0 Å². The highest BCUT2D eigenvalue weighted by molar-refractivity contribution is 7.13. The maximum Gasteiger partial charge on any atom is 0.241 e. The number of thiophene rings is 1. The van der Waals surface area contributed by atoms with Gasteiger partial charge in [-0.2, -0.15) is 4.99 Å². The fraction of sp³-hybridized carbons (Fsp3) is 0. The second kappa shape index (κ2) is 2.53. The van der Waals surface area contributed by atoms with Crippen LogP contribution >= 0.6 is 11.3 Å². The Hall–Kier alpha value is -0.990. The zero-order valence-corrected chi connectivity index (χ0v) is 5.11. The summed E-state index contributed by atoms with van der Waals surface area (Å²) in [5, 5.41) is 1.61. The first-order valence-electron chi connectivity index (χ1n) is 2.15. The van der Waals surface area contributed by atoms with Gasteiger partial charge in [0.2, 0.25) is 6.08 Å². The summed E-state index contributed by atoms with van der Waals surface area (Å²) in [7, 11) is 0. The van der Waals surface area contributed by atoms with Crippen LogP contribution in [0.25, 0.3) is 0 Å². The molecule has 2 nitrogen and oxygen atoms in total. The molecule has 0 radical (unpaired) electrons. The molecule has 0 aliphatic carbocycles. The lowest BCUT2D eigenvalue weighted by Crippen LogP contribution is -1.59. The van der Waals surface area contributed by atoms with Gasteiger partial charge in [0.05, 0.1) is 0 Å². The lowest BCUT2D eigenvalue weighted by molar-refractivity contribution is 0.564. The minimum atomic E-state index is -0.469. The van der Waals surface area contributed by atoms with Gasteiger partial charge >= 0.3 is 0 Å². The normalized spacial score (nSPS) is 8.56. The van der Waals surface area contributed by atoms with Crippen LogP contribution in [0.4, 0.5) is 9.39 Å². The molecule has 0 saturated heterocycles. The molecule has 0 spiro atoms. The third-order valence-corrected chi connectivity index (χ3v) is 1.53. The van der Waals surface area contributed by atoms with Crippen LogP contribution in [0.3, 0.4) is 0 Å². The SMILES string of the molecule is O=C=Nc1sccc1F. The van der Waals surface area contributed by atoms with Crippen LogP contribution in [0.2, 0.25) is 0 Å². The highest BCUT2D eigenvalue weighted by Crippen LogP contribution is 2.23. The third kappa shape index (κ3) is 1.22. The minimum absolute atomic E-state index is 0.0880. The van der Waals surface area contributed by atoms with E-state index in [9.17, 15) is 9.18 Å². The van der Waals surface area contributed by atoms with Crippen molar-refractivity contribution >= 4 is 22.4 Å². The quantitative estimate of drug-likeness (QED) is 0.435. The second-order valence-electron chi connectivity index (χ2n) is 1.28. The van der Waals surface area contributed by atoms with Crippen molar-refractivity contribution in [2.45, 2.75) is 0 Å². The Morgan fingerprint density at radius 1 is 1.78 bits per heavy atom. The number of hydrogen-bond acceptors (Lipinski definition) is 3. The van der Waals surface area contributed by atoms with Crippen molar-refractivity contribution in [3.05, 3.63) is 17.3 Å². The summed E-state index contributed by atoms with van der Waals surface area (Å²) >= 11 is 1.07. The molecule has 0 amide bonds. The molecule has 1 heterocycles. The Bertz CT molecular complexity index is 251. The maximum atomic E-state index is 12.3. The van der Waals surface area contributed by atoms with Gasteiger partial charge in [-0.05, 0) is 11.4 Å². The van der Waals surface area contributed by atoms with Crippen molar-refractivity contribution in [2.24, 2.45) is 4.99 Å². The molecular weight excluding hydrogens is 141 g/mol. The van der Waals surface area contributed by atoms with Crippen LogP contribution in [0.1, 0.15) is 0 Å². The topological polar surface area (TPSA) is 29.4 Å². The van der Waals surface area contributed by atoms with E-state index in [1.807, 2.05) is 0 Å². The molecule has 46 valence electrons. The Balaban J connectivity index is 3.07. The molecule has 0 aliphatic rings. The number of aliphatic imine (C=N–C) groups is 1. The van der Waals surface area contributed by atoms with Gasteiger partial charge in [0.25, 0.3) is 0 Å². The largest absolute Gasteiger partial charge is 0.241 e. The first kappa shape index (κ1) is 6.13. The maximum absolute atomic E-state index is 12.3. The van der Waals surface area contributed by atoms with Crippen molar-refractivity contribution in [3.63, 3.8) is 0 Å². The van der Waals surface area contributed by atoms with E-state index >= 15 is 0 Å². The van der Waals surface area contributed by atoms with Crippen molar-refractivity contribution in [1.29, 1.82) is 0 Å². The van der Waals surface area contributed by atoms with Crippen LogP contribution in [-0.2, 0) is 4.79 Å². The fourth-order valence-electron chi connectivity index (χ4n) is 0.407. The van der Waals surface area contributed by atoms with Crippen molar-refractivity contribution in [1.82, 2.24) is 0 Å². The standard InChI is InChI=1S/C5H2FNOS/c6-4-1-2-9-5(4)7-3-8/h1-2H. The molecule has 9 heavy (non-hydrogen) atoms. The number of isocyanates is 1. The first-order valence-corrected chi connectivity index (χ1v) is 3.03. The molecule has 4 heteroatoms. The van der Waals surface area contributed by atoms with E-state index in [-0.39, 0.29) is 5.00 Å². The molecule has 0 N–H and O–H groups in total. The Morgan fingerprint density at radius 2 is 2.56 bits per heavy atom. The Morgan fingerprint density at radius 3 is 3.00 bits per heavy atom. The lowest BCUT2D eigenvalue weighted by atomic mass is 10.6. The Labute approximate surface area is 54.7 Å². The molecule has 0 saturated carbocycles. The summed E-state index contributed by atoms with van der Waals surface area (Å²) in [6.07, 6.45) is 1.26. The lowest BCUT2D eigenvalue weighted by Gasteiger charge is -1.76. The van der Waals surface area contributed by atoms with Gasteiger partial charge in [0, 0.05) is 0 Å². The summed E-state index contributed by atoms with van der Waals surface area (Å²) in [4.78, 5) is 12.7. The molecule has 0 aliphatic heterocycles. The van der Waals surface area contributed by atoms with E-state index in [4.69, 9.17) is 0 Å². The predicted molar refractivity (Wildman–Crippen MR) is 32.1 cm³/mol. The van der Waals surface area contributed by atoms with E-state index in [0.29, 0.717) is 0 Å². The highest BCUT2D eigenvalue weighted by atomic mass is 32.1. The van der Waals surface area contributed by atoms with Crippen LogP contribution in [0, 0.1) is 5.82 Å². The fourth-order valence-corrected chi connectivity index (χ4v) is 0.994. The number of rotatable bonds is 1. The van der Waals surface area contributed by atoms with Gasteiger partial charge in [-0.25, -0.2) is 9.18 Å². The highest BCUT2D eigenvalue weighted by Gasteiger charge is 1.98. The van der Waals surface area contributed by atoms with Crippen molar-refractivity contribution < 1.29 is 9.18 Å². The molecule has 0 aromatic carbocycles. The summed E-state index contributed by atoms with van der Waals surface area (Å²) in [5.41, 5.74) is 0. The molecule has 1 aromatic rings. The molecule has 1 rings (SSSR count). The predicted octanol–water partition coefficient (Wildman–Crippen LogP) is 1.85. The number of nitrogens with zero attached hydrogens (tertiary/aromatic N) is 1. The monoisotopic (exact) mass is 143 g/mol. The van der Waals surface area contributed by atoms with Gasteiger partial charge in [-0.15, -0.1) is 11.3 Å². The molecule has 0 bridgehead atoms. The van der Waals surface area contributed by atoms with Crippen molar-refractivity contribution in [3.8, 4) is 0 Å². The Kier molecular flexibility index (Phi) is 1.72. The van der Waals surface area contributed by atoms with E-state index in [1.54, 1.807) is 0 Å². The van der Waals surface area contributed by atoms with E-state index < -0.39 is 5.82 Å². The molecule has 1 aromatic heterocycles. The zero-order chi connectivity index (χ0) is 6.69. The molecule has 0 unspecified atom stereocenters. The van der Waals surface area contributed by atoms with E-state index in [1.165, 1.54) is 17.5 Å². The average molecular weight is 143 g/mol. The molecule has 0 fully saturated rings. The average Bonchev–Trinajstić information content (AvgIpc) is 2.18. The molecular formula is C5H2FNOS. The number of carbonyl (C=O) groups excluding carboxylic acids is 1. The van der Waals surface area contributed by atoms with E-state index in [2.05, 4.69) is 4.99 Å². The van der Waals surface area contributed by atoms with Gasteiger partial charge < -0.3 is 0 Å². The summed E-state index contributed by atoms with van der Waals surface area (Å²) in [6, 6.07) is 1.25. The minimum Gasteiger partial charge on any atom is -0.211 e. The number of hydrogen-bond donors (Lipinski definition) is 0. The van der Waals surface area contributed by atoms with E-state index in [0.717, 1.165) is 11.3 Å². The number of halogens is 1. The van der Waals surface area contributed by atoms with Crippen LogP contribution < -0.4 is 0 Å². The molecule has 0 atom stereocenters. The van der Waals surface area contributed by atoms with Crippen LogP contribution in [0.5, 0.6) is 0 Å².